The van der Waals surface area contributed by atoms with Gasteiger partial charge in [0.25, 0.3) is 5.91 Å². The Morgan fingerprint density at radius 1 is 1.04 bits per heavy atom. The molecule has 2 saturated heterocycles. The minimum Gasteiger partial charge on any atom is -0.342 e. The third kappa shape index (κ3) is 4.64. The van der Waals surface area contributed by atoms with E-state index in [2.05, 4.69) is 12.2 Å². The summed E-state index contributed by atoms with van der Waals surface area (Å²) in [6.45, 7) is 7.22. The Bertz CT molecular complexity index is 597. The molecule has 1 atom stereocenters. The van der Waals surface area contributed by atoms with Crippen molar-refractivity contribution >= 4 is 11.8 Å². The third-order valence-electron chi connectivity index (χ3n) is 5.69. The number of carbonyl (C=O) groups is 2. The summed E-state index contributed by atoms with van der Waals surface area (Å²) in [6, 6.07) is 9.39. The normalized spacial score (nSPS) is 21.7. The Labute approximate surface area is 156 Å². The molecule has 1 unspecified atom stereocenters. The van der Waals surface area contributed by atoms with Crippen molar-refractivity contribution in [2.75, 3.05) is 39.3 Å². The summed E-state index contributed by atoms with van der Waals surface area (Å²) >= 11 is 0. The van der Waals surface area contributed by atoms with Crippen LogP contribution in [-0.2, 0) is 4.79 Å². The van der Waals surface area contributed by atoms with Gasteiger partial charge in [0, 0.05) is 31.7 Å². The van der Waals surface area contributed by atoms with Gasteiger partial charge in [-0.2, -0.15) is 0 Å². The maximum absolute atomic E-state index is 13.0. The first-order valence-electron chi connectivity index (χ1n) is 10.0. The van der Waals surface area contributed by atoms with Gasteiger partial charge < -0.3 is 15.1 Å². The fourth-order valence-corrected chi connectivity index (χ4v) is 4.09. The van der Waals surface area contributed by atoms with Crippen LogP contribution in [-0.4, -0.2) is 60.9 Å². The molecule has 2 amide bonds. The van der Waals surface area contributed by atoms with Crippen molar-refractivity contribution in [2.45, 2.75) is 32.6 Å². The highest BCUT2D eigenvalue weighted by Crippen LogP contribution is 2.24. The van der Waals surface area contributed by atoms with Crippen LogP contribution in [0.3, 0.4) is 0 Å². The molecule has 2 aliphatic rings. The van der Waals surface area contributed by atoms with Gasteiger partial charge in [0.2, 0.25) is 5.91 Å². The summed E-state index contributed by atoms with van der Waals surface area (Å²) in [4.78, 5) is 29.5. The van der Waals surface area contributed by atoms with E-state index in [9.17, 15) is 9.59 Å². The number of hydrogen-bond donors (Lipinski definition) is 1. The summed E-state index contributed by atoms with van der Waals surface area (Å²) in [7, 11) is 0. The van der Waals surface area contributed by atoms with Gasteiger partial charge in [-0.15, -0.1) is 0 Å². The molecule has 5 nitrogen and oxygen atoms in total. The summed E-state index contributed by atoms with van der Waals surface area (Å²) < 4.78 is 0. The van der Waals surface area contributed by atoms with Gasteiger partial charge in [0.05, 0.1) is 5.92 Å². The van der Waals surface area contributed by atoms with E-state index >= 15 is 0 Å². The lowest BCUT2D eigenvalue weighted by Gasteiger charge is -2.38. The zero-order valence-electron chi connectivity index (χ0n) is 15.8. The Hall–Kier alpha value is -1.88. The molecule has 26 heavy (non-hydrogen) atoms. The second-order valence-electron chi connectivity index (χ2n) is 7.53. The molecule has 0 aromatic heterocycles. The molecular formula is C21H31N3O2. The van der Waals surface area contributed by atoms with Gasteiger partial charge in [-0.3, -0.25) is 9.59 Å². The Morgan fingerprint density at radius 2 is 1.77 bits per heavy atom. The van der Waals surface area contributed by atoms with E-state index in [1.54, 1.807) is 0 Å². The van der Waals surface area contributed by atoms with Crippen LogP contribution < -0.4 is 5.32 Å². The predicted octanol–water partition coefficient (Wildman–Crippen LogP) is 2.39. The van der Waals surface area contributed by atoms with E-state index < -0.39 is 0 Å². The van der Waals surface area contributed by atoms with Gasteiger partial charge in [0.15, 0.2) is 0 Å². The van der Waals surface area contributed by atoms with Crippen LogP contribution in [0.1, 0.15) is 43.0 Å². The topological polar surface area (TPSA) is 52.7 Å². The molecule has 0 radical (unpaired) electrons. The summed E-state index contributed by atoms with van der Waals surface area (Å²) in [5.74, 6) is 0.938. The monoisotopic (exact) mass is 357 g/mol. The minimum atomic E-state index is -0.0401. The summed E-state index contributed by atoms with van der Waals surface area (Å²) in [6.07, 6.45) is 3.97. The first-order valence-corrected chi connectivity index (χ1v) is 10.0. The van der Waals surface area contributed by atoms with Gasteiger partial charge >= 0.3 is 0 Å². The number of benzene rings is 1. The minimum absolute atomic E-state index is 0.0401. The van der Waals surface area contributed by atoms with Crippen molar-refractivity contribution in [2.24, 2.45) is 11.8 Å². The predicted molar refractivity (Wildman–Crippen MR) is 103 cm³/mol. The average Bonchev–Trinajstić information content (AvgIpc) is 2.72. The van der Waals surface area contributed by atoms with E-state index in [1.807, 2.05) is 40.1 Å². The quantitative estimate of drug-likeness (QED) is 0.880. The Kier molecular flexibility index (Phi) is 6.67. The van der Waals surface area contributed by atoms with Crippen molar-refractivity contribution in [3.63, 3.8) is 0 Å². The highest BCUT2D eigenvalue weighted by molar-refractivity contribution is 5.94. The molecule has 0 saturated carbocycles. The van der Waals surface area contributed by atoms with Gasteiger partial charge in [-0.25, -0.2) is 0 Å². The van der Waals surface area contributed by atoms with Crippen molar-refractivity contribution in [1.82, 2.24) is 15.1 Å². The molecule has 2 heterocycles. The molecule has 2 fully saturated rings. The SMILES string of the molecule is CCNCC1CCN(C(=O)C2CCCN(C(=O)c3ccccc3)C2)CC1. The van der Waals surface area contributed by atoms with E-state index in [1.165, 1.54) is 0 Å². The van der Waals surface area contributed by atoms with Crippen LogP contribution in [0.25, 0.3) is 0 Å². The van der Waals surface area contributed by atoms with Crippen LogP contribution in [0, 0.1) is 11.8 Å². The molecule has 1 aromatic rings. The Morgan fingerprint density at radius 3 is 2.46 bits per heavy atom. The molecular weight excluding hydrogens is 326 g/mol. The zero-order chi connectivity index (χ0) is 18.4. The van der Waals surface area contributed by atoms with Crippen LogP contribution in [0.15, 0.2) is 30.3 Å². The molecule has 1 aromatic carbocycles. The molecule has 5 heteroatoms. The van der Waals surface area contributed by atoms with E-state index in [-0.39, 0.29) is 17.7 Å². The van der Waals surface area contributed by atoms with Gasteiger partial charge in [0.1, 0.15) is 0 Å². The smallest absolute Gasteiger partial charge is 0.253 e. The second-order valence-corrected chi connectivity index (χ2v) is 7.53. The lowest BCUT2D eigenvalue weighted by molar-refractivity contribution is -0.138. The highest BCUT2D eigenvalue weighted by Gasteiger charge is 2.33. The molecule has 2 aliphatic heterocycles. The molecule has 3 rings (SSSR count). The number of rotatable bonds is 5. The lowest BCUT2D eigenvalue weighted by atomic mass is 9.92. The number of hydrogen-bond acceptors (Lipinski definition) is 3. The van der Waals surface area contributed by atoms with Crippen LogP contribution in [0.5, 0.6) is 0 Å². The first-order chi connectivity index (χ1) is 12.7. The maximum Gasteiger partial charge on any atom is 0.253 e. The molecule has 142 valence electrons. The number of piperidine rings is 2. The molecule has 0 bridgehead atoms. The number of amides is 2. The number of likely N-dealkylation sites (tertiary alicyclic amines) is 2. The Balaban J connectivity index is 1.53. The van der Waals surface area contributed by atoms with Crippen molar-refractivity contribution in [3.05, 3.63) is 35.9 Å². The summed E-state index contributed by atoms with van der Waals surface area (Å²) in [5, 5.41) is 3.41. The summed E-state index contributed by atoms with van der Waals surface area (Å²) in [5.41, 5.74) is 0.713. The highest BCUT2D eigenvalue weighted by atomic mass is 16.2. The molecule has 0 aliphatic carbocycles. The van der Waals surface area contributed by atoms with E-state index in [0.717, 1.165) is 58.4 Å². The maximum atomic E-state index is 13.0. The zero-order valence-corrected chi connectivity index (χ0v) is 15.8. The van der Waals surface area contributed by atoms with E-state index in [4.69, 9.17) is 0 Å². The second kappa shape index (κ2) is 9.17. The lowest BCUT2D eigenvalue weighted by Crippen LogP contribution is -2.49. The van der Waals surface area contributed by atoms with Crippen LogP contribution in [0.2, 0.25) is 0 Å². The van der Waals surface area contributed by atoms with Crippen molar-refractivity contribution in [1.29, 1.82) is 0 Å². The van der Waals surface area contributed by atoms with Gasteiger partial charge in [-0.1, -0.05) is 25.1 Å². The number of nitrogens with zero attached hydrogens (tertiary/aromatic N) is 2. The fourth-order valence-electron chi connectivity index (χ4n) is 4.09. The average molecular weight is 357 g/mol. The molecule has 1 N–H and O–H groups in total. The van der Waals surface area contributed by atoms with E-state index in [0.29, 0.717) is 18.0 Å². The standard InChI is InChI=1S/C21H31N3O2/c1-2-22-15-17-10-13-23(14-11-17)21(26)19-9-6-12-24(16-19)20(25)18-7-4-3-5-8-18/h3-5,7-8,17,19,22H,2,6,9-16H2,1H3. The third-order valence-corrected chi connectivity index (χ3v) is 5.69. The van der Waals surface area contributed by atoms with Crippen LogP contribution >= 0.6 is 0 Å². The van der Waals surface area contributed by atoms with Gasteiger partial charge in [-0.05, 0) is 56.8 Å². The largest absolute Gasteiger partial charge is 0.342 e. The van der Waals surface area contributed by atoms with Crippen LogP contribution in [0.4, 0.5) is 0 Å². The van der Waals surface area contributed by atoms with Crippen molar-refractivity contribution in [3.8, 4) is 0 Å². The fraction of sp³-hybridized carbons (Fsp3) is 0.619. The number of nitrogens with one attached hydrogen (secondary N) is 1. The first kappa shape index (κ1) is 18.9. The molecule has 0 spiro atoms. The number of carbonyl (C=O) groups excluding carboxylic acids is 2. The van der Waals surface area contributed by atoms with Crippen molar-refractivity contribution < 1.29 is 9.59 Å².